The third-order valence-corrected chi connectivity index (χ3v) is 8.02. The lowest BCUT2D eigenvalue weighted by Crippen LogP contribution is -2.47. The third-order valence-electron chi connectivity index (χ3n) is 7.58. The number of likely N-dealkylation sites (N-methyl/N-ethyl adjacent to an activating group) is 1. The second-order valence-corrected chi connectivity index (χ2v) is 11.2. The van der Waals surface area contributed by atoms with Crippen molar-refractivity contribution in [3.05, 3.63) is 65.4 Å². The van der Waals surface area contributed by atoms with Crippen molar-refractivity contribution in [2.75, 3.05) is 39.0 Å². The van der Waals surface area contributed by atoms with E-state index >= 15 is 0 Å². The molecule has 6 N–H and O–H groups in total. The van der Waals surface area contributed by atoms with E-state index in [9.17, 15) is 9.90 Å². The van der Waals surface area contributed by atoms with Gasteiger partial charge in [-0.15, -0.1) is 9.24 Å². The summed E-state index contributed by atoms with van der Waals surface area (Å²) in [5.74, 6) is 0.0573. The summed E-state index contributed by atoms with van der Waals surface area (Å²) in [7, 11) is 4.79. The SMILES string of the molecule is C=CN.C=O.CCCC.CN1CCN(C(=O)c2ccc(-c3nc4c(P)cc(N)c(C=N)c4c4c3CC(O)CC4)cc2)CC1. The first-order chi connectivity index (χ1) is 20.7. The summed E-state index contributed by atoms with van der Waals surface area (Å²) in [5, 5.41) is 20.2. The lowest BCUT2D eigenvalue weighted by Gasteiger charge is -2.32. The molecule has 10 heteroatoms. The molecule has 2 heterocycles. The fourth-order valence-electron chi connectivity index (χ4n) is 5.13. The second kappa shape index (κ2) is 17.5. The number of aryl methyl sites for hydroxylation is 1. The zero-order valence-corrected chi connectivity index (χ0v) is 26.9. The number of unbranched alkanes of at least 4 members (excludes halogenated alkanes) is 1. The molecule has 2 atom stereocenters. The van der Waals surface area contributed by atoms with Crippen LogP contribution in [0.4, 0.5) is 5.69 Å². The summed E-state index contributed by atoms with van der Waals surface area (Å²) < 4.78 is 0. The average Bonchev–Trinajstić information content (AvgIpc) is 3.02. The molecule has 1 amide bonds. The average molecular weight is 607 g/mol. The number of aliphatic hydroxyl groups is 1. The molecule has 2 aromatic carbocycles. The van der Waals surface area contributed by atoms with E-state index in [0.29, 0.717) is 36.1 Å². The summed E-state index contributed by atoms with van der Waals surface area (Å²) in [6.07, 6.45) is 6.64. The summed E-state index contributed by atoms with van der Waals surface area (Å²) in [6.45, 7) is 12.8. The molecule has 1 aliphatic carbocycles. The first-order valence-electron chi connectivity index (χ1n) is 14.6. The maximum Gasteiger partial charge on any atom is 0.253 e. The number of benzene rings is 2. The van der Waals surface area contributed by atoms with Crippen molar-refractivity contribution in [1.29, 1.82) is 5.41 Å². The summed E-state index contributed by atoms with van der Waals surface area (Å²) >= 11 is 0. The molecule has 1 aliphatic heterocycles. The highest BCUT2D eigenvalue weighted by Crippen LogP contribution is 2.37. The number of aliphatic hydroxyl groups excluding tert-OH is 1. The number of nitrogens with two attached hydrogens (primary N) is 2. The van der Waals surface area contributed by atoms with Gasteiger partial charge in [0.25, 0.3) is 5.91 Å². The maximum absolute atomic E-state index is 13.0. The molecule has 1 aromatic heterocycles. The molecule has 0 spiro atoms. The predicted octanol–water partition coefficient (Wildman–Crippen LogP) is 3.93. The van der Waals surface area contributed by atoms with Crippen molar-refractivity contribution < 1.29 is 14.7 Å². The van der Waals surface area contributed by atoms with Gasteiger partial charge >= 0.3 is 0 Å². The van der Waals surface area contributed by atoms with Crippen LogP contribution in [0.2, 0.25) is 0 Å². The number of nitrogen functional groups attached to an aromatic ring is 1. The Morgan fingerprint density at radius 3 is 2.26 bits per heavy atom. The van der Waals surface area contributed by atoms with Crippen LogP contribution in [-0.2, 0) is 17.6 Å². The number of nitrogens with one attached hydrogen (secondary N) is 1. The molecule has 1 fully saturated rings. The van der Waals surface area contributed by atoms with Crippen molar-refractivity contribution in [2.45, 2.75) is 52.1 Å². The van der Waals surface area contributed by atoms with Gasteiger partial charge in [-0.3, -0.25) is 4.79 Å². The Hall–Kier alpha value is -3.65. The Kier molecular flexibility index (Phi) is 14.4. The van der Waals surface area contributed by atoms with E-state index in [2.05, 4.69) is 47.3 Å². The summed E-state index contributed by atoms with van der Waals surface area (Å²) in [6, 6.07) is 9.50. The monoisotopic (exact) mass is 606 g/mol. The van der Waals surface area contributed by atoms with Crippen LogP contribution in [0.1, 0.15) is 60.2 Å². The van der Waals surface area contributed by atoms with Crippen LogP contribution in [0, 0.1) is 5.41 Å². The smallest absolute Gasteiger partial charge is 0.253 e. The second-order valence-electron chi connectivity index (χ2n) is 10.6. The molecule has 5 rings (SSSR count). The molecule has 9 nitrogen and oxygen atoms in total. The van der Waals surface area contributed by atoms with E-state index in [4.69, 9.17) is 20.9 Å². The van der Waals surface area contributed by atoms with Crippen LogP contribution in [0.3, 0.4) is 0 Å². The summed E-state index contributed by atoms with van der Waals surface area (Å²) in [4.78, 5) is 30.1. The van der Waals surface area contributed by atoms with Gasteiger partial charge in [-0.25, -0.2) is 4.98 Å². The number of fused-ring (bicyclic) bond motifs is 3. The van der Waals surface area contributed by atoms with Gasteiger partial charge in [-0.1, -0.05) is 45.4 Å². The predicted molar refractivity (Wildman–Crippen MR) is 182 cm³/mol. The zero-order chi connectivity index (χ0) is 32.1. The van der Waals surface area contributed by atoms with Crippen LogP contribution in [0.5, 0.6) is 0 Å². The van der Waals surface area contributed by atoms with Gasteiger partial charge in [0, 0.05) is 66.6 Å². The van der Waals surface area contributed by atoms with Crippen LogP contribution in [-0.4, -0.2) is 78.1 Å². The van der Waals surface area contributed by atoms with E-state index in [1.54, 1.807) is 0 Å². The number of hydrogen-bond acceptors (Lipinski definition) is 8. The fraction of sp³-hybridized carbons (Fsp3) is 0.394. The highest BCUT2D eigenvalue weighted by molar-refractivity contribution is 7.28. The molecule has 1 saturated heterocycles. The standard InChI is InChI=1S/C26H30N5O2P.C4H10.C2H5N.CH2O/c1-30-8-10-31(11-9-30)26(33)16-4-2-15(3-5-16)24-19-12-17(32)6-7-18(19)23-20(14-27)21(28)13-22(34)25(23)29-24;1-3-4-2;1-2-3;1-2/h2-5,13-14,17,27,32H,6-12,28,34H2,1H3;3-4H2,1-2H3;2H,1,3H2;1H2. The fourth-order valence-corrected chi connectivity index (χ4v) is 5.52. The van der Waals surface area contributed by atoms with Crippen molar-refractivity contribution in [3.63, 3.8) is 0 Å². The van der Waals surface area contributed by atoms with Gasteiger partial charge in [0.15, 0.2) is 0 Å². The van der Waals surface area contributed by atoms with E-state index in [1.165, 1.54) is 25.3 Å². The number of carbonyl (C=O) groups is 2. The number of carbonyl (C=O) groups excluding carboxylic acids is 2. The minimum Gasteiger partial charge on any atom is -0.405 e. The molecule has 232 valence electrons. The van der Waals surface area contributed by atoms with Crippen molar-refractivity contribution >= 4 is 50.0 Å². The Morgan fingerprint density at radius 1 is 1.14 bits per heavy atom. The molecular formula is C33H47N6O3P. The number of nitrogens with zero attached hydrogens (tertiary/aromatic N) is 3. The number of anilines is 1. The summed E-state index contributed by atoms with van der Waals surface area (Å²) in [5.41, 5.74) is 17.4. The minimum atomic E-state index is -0.427. The Balaban J connectivity index is 0.000000641. The van der Waals surface area contributed by atoms with E-state index in [1.807, 2.05) is 42.0 Å². The van der Waals surface area contributed by atoms with Gasteiger partial charge < -0.3 is 36.6 Å². The third kappa shape index (κ3) is 8.69. The highest BCUT2D eigenvalue weighted by atomic mass is 31.0. The van der Waals surface area contributed by atoms with Crippen LogP contribution >= 0.6 is 9.24 Å². The zero-order valence-electron chi connectivity index (χ0n) is 25.7. The molecule has 0 saturated carbocycles. The number of rotatable bonds is 4. The molecule has 0 radical (unpaired) electrons. The van der Waals surface area contributed by atoms with Gasteiger partial charge in [0.1, 0.15) is 6.79 Å². The lowest BCUT2D eigenvalue weighted by atomic mass is 9.83. The number of aromatic nitrogens is 1. The van der Waals surface area contributed by atoms with Crippen LogP contribution < -0.4 is 16.8 Å². The number of piperazine rings is 1. The van der Waals surface area contributed by atoms with E-state index in [-0.39, 0.29) is 5.91 Å². The Labute approximate surface area is 258 Å². The molecule has 2 unspecified atom stereocenters. The lowest BCUT2D eigenvalue weighted by molar-refractivity contribution is -0.0980. The molecule has 0 bridgehead atoms. The maximum atomic E-state index is 13.0. The van der Waals surface area contributed by atoms with Gasteiger partial charge in [0.05, 0.1) is 17.3 Å². The quantitative estimate of drug-likeness (QED) is 0.200. The molecular weight excluding hydrogens is 559 g/mol. The van der Waals surface area contributed by atoms with Gasteiger partial charge in [0.2, 0.25) is 0 Å². The molecule has 43 heavy (non-hydrogen) atoms. The van der Waals surface area contributed by atoms with Crippen molar-refractivity contribution in [2.24, 2.45) is 5.73 Å². The Bertz CT molecular complexity index is 1390. The van der Waals surface area contributed by atoms with E-state index < -0.39 is 6.10 Å². The highest BCUT2D eigenvalue weighted by Gasteiger charge is 2.26. The topological polar surface area (TPSA) is 150 Å². The van der Waals surface area contributed by atoms with Crippen LogP contribution in [0.25, 0.3) is 22.2 Å². The number of amides is 1. The minimum absolute atomic E-state index is 0.0573. The van der Waals surface area contributed by atoms with Crippen molar-refractivity contribution in [1.82, 2.24) is 14.8 Å². The number of hydrogen-bond donors (Lipinski definition) is 4. The normalized spacial score (nSPS) is 15.8. The van der Waals surface area contributed by atoms with Gasteiger partial charge in [-0.05, 0) is 60.7 Å². The van der Waals surface area contributed by atoms with Crippen LogP contribution in [0.15, 0.2) is 43.1 Å². The van der Waals surface area contributed by atoms with Crippen molar-refractivity contribution in [3.8, 4) is 11.3 Å². The Morgan fingerprint density at radius 2 is 1.72 bits per heavy atom. The van der Waals surface area contributed by atoms with Gasteiger partial charge in [-0.2, -0.15) is 0 Å². The number of pyridine rings is 1. The first kappa shape index (κ1) is 35.5. The molecule has 3 aromatic rings. The first-order valence-corrected chi connectivity index (χ1v) is 15.2. The largest absolute Gasteiger partial charge is 0.405 e. The van der Waals surface area contributed by atoms with E-state index in [0.717, 1.165) is 64.8 Å². The molecule has 2 aliphatic rings.